The summed E-state index contributed by atoms with van der Waals surface area (Å²) >= 11 is 0. The first-order chi connectivity index (χ1) is 12.8. The number of ether oxygens (including phenoxy) is 2. The van der Waals surface area contributed by atoms with Crippen molar-refractivity contribution >= 4 is 22.3 Å². The summed E-state index contributed by atoms with van der Waals surface area (Å²) in [6, 6.07) is 8.12. The average molecular weight is 385 g/mol. The van der Waals surface area contributed by atoms with Crippen LogP contribution in [0.2, 0.25) is 0 Å². The molecule has 2 aromatic carbocycles. The van der Waals surface area contributed by atoms with Gasteiger partial charge in [0.2, 0.25) is 0 Å². The van der Waals surface area contributed by atoms with Gasteiger partial charge in [-0.25, -0.2) is 0 Å². The third-order valence-electron chi connectivity index (χ3n) is 4.56. The Morgan fingerprint density at radius 3 is 1.25 bits per heavy atom. The minimum absolute atomic E-state index is 0.0207. The summed E-state index contributed by atoms with van der Waals surface area (Å²) in [5, 5.41) is 1.78. The van der Waals surface area contributed by atoms with Crippen LogP contribution in [0.4, 0.5) is 0 Å². The average Bonchev–Trinajstić information content (AvgIpc) is 2.54. The summed E-state index contributed by atoms with van der Waals surface area (Å²) in [5.74, 6) is 1.34. The van der Waals surface area contributed by atoms with Gasteiger partial charge in [0.05, 0.1) is 0 Å². The molecule has 0 radical (unpaired) electrons. The zero-order valence-electron chi connectivity index (χ0n) is 18.4. The second-order valence-corrected chi connectivity index (χ2v) is 9.46. The molecule has 2 rings (SSSR count). The van der Waals surface area contributed by atoms with Crippen molar-refractivity contribution < 1.29 is 19.1 Å². The van der Waals surface area contributed by atoms with E-state index in [0.717, 1.165) is 21.9 Å². The van der Waals surface area contributed by atoms with E-state index in [0.29, 0.717) is 11.5 Å². The van der Waals surface area contributed by atoms with E-state index in [1.807, 2.05) is 24.3 Å². The SMILES string of the molecule is CC(=O)COc1c(C(C)(C)C)ccc2c(OCC(C)=O)c(C(C)(C)C)ccc12. The Morgan fingerprint density at radius 2 is 1.00 bits per heavy atom. The highest BCUT2D eigenvalue weighted by molar-refractivity contribution is 5.96. The lowest BCUT2D eigenvalue weighted by Gasteiger charge is -2.27. The van der Waals surface area contributed by atoms with Gasteiger partial charge >= 0.3 is 0 Å². The number of fused-ring (bicyclic) bond motifs is 1. The number of hydrogen-bond acceptors (Lipinski definition) is 4. The van der Waals surface area contributed by atoms with E-state index >= 15 is 0 Å². The van der Waals surface area contributed by atoms with Gasteiger partial charge < -0.3 is 9.47 Å². The van der Waals surface area contributed by atoms with Gasteiger partial charge in [-0.15, -0.1) is 0 Å². The minimum atomic E-state index is -0.149. The fourth-order valence-corrected chi connectivity index (χ4v) is 3.19. The number of carbonyl (C=O) groups excluding carboxylic acids is 2. The van der Waals surface area contributed by atoms with Crippen LogP contribution in [0.15, 0.2) is 24.3 Å². The Morgan fingerprint density at radius 1 is 0.679 bits per heavy atom. The maximum atomic E-state index is 11.6. The fraction of sp³-hybridized carbons (Fsp3) is 0.500. The fourth-order valence-electron chi connectivity index (χ4n) is 3.19. The molecule has 0 spiro atoms. The standard InChI is InChI=1S/C24H32O4/c1-15(25)13-27-21-17-9-12-20(24(6,7)8)22(28-14-16(2)26)18(17)10-11-19(21)23(3,4)5/h9-12H,13-14H2,1-8H3. The molecular formula is C24H32O4. The molecule has 0 saturated heterocycles. The highest BCUT2D eigenvalue weighted by Crippen LogP contribution is 2.44. The molecule has 0 aliphatic rings. The van der Waals surface area contributed by atoms with Crippen molar-refractivity contribution in [2.75, 3.05) is 13.2 Å². The Balaban J connectivity index is 2.80. The summed E-state index contributed by atoms with van der Waals surface area (Å²) in [6.07, 6.45) is 0. The minimum Gasteiger partial charge on any atom is -0.485 e. The molecule has 0 fully saturated rings. The first-order valence-electron chi connectivity index (χ1n) is 9.67. The predicted octanol–water partition coefficient (Wildman–Crippen LogP) is 5.37. The van der Waals surface area contributed by atoms with Crippen molar-refractivity contribution in [1.82, 2.24) is 0 Å². The van der Waals surface area contributed by atoms with E-state index in [4.69, 9.17) is 9.47 Å². The van der Waals surface area contributed by atoms with Crippen LogP contribution in [0.5, 0.6) is 11.5 Å². The number of rotatable bonds is 6. The van der Waals surface area contributed by atoms with Gasteiger partial charge in [0.1, 0.15) is 24.7 Å². The molecule has 28 heavy (non-hydrogen) atoms. The Hall–Kier alpha value is -2.36. The summed E-state index contributed by atoms with van der Waals surface area (Å²) in [7, 11) is 0. The van der Waals surface area contributed by atoms with Crippen molar-refractivity contribution in [3.63, 3.8) is 0 Å². The molecule has 152 valence electrons. The molecular weight excluding hydrogens is 352 g/mol. The van der Waals surface area contributed by atoms with Gasteiger partial charge in [-0.3, -0.25) is 9.59 Å². The molecule has 0 heterocycles. The zero-order chi connectivity index (χ0) is 21.3. The lowest BCUT2D eigenvalue weighted by atomic mass is 9.82. The van der Waals surface area contributed by atoms with Crippen LogP contribution in [0.25, 0.3) is 10.8 Å². The number of Topliss-reactive ketones (excluding diaryl/α,β-unsaturated/α-hetero) is 2. The molecule has 0 atom stereocenters. The maximum Gasteiger partial charge on any atom is 0.167 e. The van der Waals surface area contributed by atoms with Gasteiger partial charge in [-0.05, 0) is 24.7 Å². The van der Waals surface area contributed by atoms with Gasteiger partial charge in [-0.1, -0.05) is 65.8 Å². The van der Waals surface area contributed by atoms with Crippen LogP contribution < -0.4 is 9.47 Å². The van der Waals surface area contributed by atoms with Crippen molar-refractivity contribution in [3.8, 4) is 11.5 Å². The van der Waals surface area contributed by atoms with E-state index in [2.05, 4.69) is 41.5 Å². The van der Waals surface area contributed by atoms with Crippen LogP contribution in [-0.2, 0) is 20.4 Å². The molecule has 0 unspecified atom stereocenters. The van der Waals surface area contributed by atoms with Gasteiger partial charge in [0.25, 0.3) is 0 Å². The number of benzene rings is 2. The van der Waals surface area contributed by atoms with Crippen LogP contribution in [0.1, 0.15) is 66.5 Å². The molecule has 4 heteroatoms. The highest BCUT2D eigenvalue weighted by atomic mass is 16.5. The first kappa shape index (κ1) is 21.9. The van der Waals surface area contributed by atoms with Gasteiger partial charge in [0.15, 0.2) is 11.6 Å². The van der Waals surface area contributed by atoms with Gasteiger partial charge in [0, 0.05) is 21.9 Å². The Kier molecular flexibility index (Phi) is 6.22. The molecule has 0 aliphatic carbocycles. The number of ketones is 2. The van der Waals surface area contributed by atoms with Crippen LogP contribution >= 0.6 is 0 Å². The smallest absolute Gasteiger partial charge is 0.167 e. The summed E-state index contributed by atoms with van der Waals surface area (Å²) in [5.41, 5.74) is 1.76. The molecule has 0 aliphatic heterocycles. The Bertz CT molecular complexity index is 820. The second kappa shape index (κ2) is 7.94. The van der Waals surface area contributed by atoms with Crippen molar-refractivity contribution in [2.45, 2.75) is 66.2 Å². The van der Waals surface area contributed by atoms with Gasteiger partial charge in [-0.2, -0.15) is 0 Å². The number of hydrogen-bond donors (Lipinski definition) is 0. The molecule has 0 N–H and O–H groups in total. The van der Waals surface area contributed by atoms with E-state index in [1.165, 1.54) is 13.8 Å². The normalized spacial score (nSPS) is 12.1. The molecule has 2 aromatic rings. The monoisotopic (exact) mass is 384 g/mol. The molecule has 4 nitrogen and oxygen atoms in total. The lowest BCUT2D eigenvalue weighted by molar-refractivity contribution is -0.119. The topological polar surface area (TPSA) is 52.6 Å². The quantitative estimate of drug-likeness (QED) is 0.672. The maximum absolute atomic E-state index is 11.6. The third-order valence-corrected chi connectivity index (χ3v) is 4.56. The molecule has 0 saturated carbocycles. The van der Waals surface area contributed by atoms with Crippen molar-refractivity contribution in [1.29, 1.82) is 0 Å². The second-order valence-electron chi connectivity index (χ2n) is 9.46. The largest absolute Gasteiger partial charge is 0.485 e. The summed E-state index contributed by atoms with van der Waals surface area (Å²) in [6.45, 7) is 15.8. The van der Waals surface area contributed by atoms with Crippen LogP contribution in [-0.4, -0.2) is 24.8 Å². The van der Waals surface area contributed by atoms with E-state index < -0.39 is 0 Å². The van der Waals surface area contributed by atoms with Crippen molar-refractivity contribution in [2.24, 2.45) is 0 Å². The summed E-state index contributed by atoms with van der Waals surface area (Å²) < 4.78 is 11.9. The van der Waals surface area contributed by atoms with Crippen LogP contribution in [0, 0.1) is 0 Å². The van der Waals surface area contributed by atoms with E-state index in [-0.39, 0.29) is 35.6 Å². The number of carbonyl (C=O) groups is 2. The lowest BCUT2D eigenvalue weighted by Crippen LogP contribution is -2.18. The van der Waals surface area contributed by atoms with Crippen LogP contribution in [0.3, 0.4) is 0 Å². The molecule has 0 amide bonds. The Labute approximate surface area is 168 Å². The first-order valence-corrected chi connectivity index (χ1v) is 9.67. The summed E-state index contributed by atoms with van der Waals surface area (Å²) in [4.78, 5) is 23.1. The van der Waals surface area contributed by atoms with Crippen molar-refractivity contribution in [3.05, 3.63) is 35.4 Å². The molecule has 0 bridgehead atoms. The third kappa shape index (κ3) is 4.92. The van der Waals surface area contributed by atoms with E-state index in [1.54, 1.807) is 0 Å². The highest BCUT2D eigenvalue weighted by Gasteiger charge is 2.26. The van der Waals surface area contributed by atoms with E-state index in [9.17, 15) is 9.59 Å². The molecule has 0 aromatic heterocycles. The predicted molar refractivity (Wildman–Crippen MR) is 114 cm³/mol. The zero-order valence-corrected chi connectivity index (χ0v) is 18.4.